The minimum atomic E-state index is 0.175. The summed E-state index contributed by atoms with van der Waals surface area (Å²) in [4.78, 5) is 0. The van der Waals surface area contributed by atoms with Crippen molar-refractivity contribution in [3.05, 3.63) is 52.8 Å². The van der Waals surface area contributed by atoms with E-state index in [1.807, 2.05) is 12.4 Å². The molecule has 0 bridgehead atoms. The molecule has 1 fully saturated rings. The highest BCUT2D eigenvalue weighted by Gasteiger charge is 2.29. The lowest BCUT2D eigenvalue weighted by Gasteiger charge is -2.18. The number of aromatic amines is 1. The zero-order valence-corrected chi connectivity index (χ0v) is 12.7. The molecule has 1 aliphatic heterocycles. The van der Waals surface area contributed by atoms with Gasteiger partial charge < -0.3 is 10.1 Å². The van der Waals surface area contributed by atoms with Gasteiger partial charge in [-0.1, -0.05) is 18.2 Å². The number of hydrogen-bond acceptors (Lipinski definition) is 3. The molecule has 0 spiro atoms. The van der Waals surface area contributed by atoms with E-state index < -0.39 is 0 Å². The molecule has 2 N–H and O–H groups in total. The van der Waals surface area contributed by atoms with Crippen molar-refractivity contribution < 1.29 is 4.74 Å². The molecular weight excluding hydrogens is 262 g/mol. The predicted octanol–water partition coefficient (Wildman–Crippen LogP) is 2.89. The van der Waals surface area contributed by atoms with Crippen molar-refractivity contribution in [2.75, 3.05) is 13.2 Å². The number of benzene rings is 1. The van der Waals surface area contributed by atoms with Crippen LogP contribution in [-0.4, -0.2) is 23.3 Å². The van der Waals surface area contributed by atoms with Gasteiger partial charge in [-0.3, -0.25) is 5.10 Å². The van der Waals surface area contributed by atoms with Crippen LogP contribution in [0, 0.1) is 19.8 Å². The molecule has 0 amide bonds. The molecule has 1 saturated heterocycles. The number of aryl methyl sites for hydroxylation is 2. The Kier molecular flexibility index (Phi) is 4.36. The van der Waals surface area contributed by atoms with E-state index in [9.17, 15) is 0 Å². The number of nitrogens with one attached hydrogen (secondary N) is 2. The van der Waals surface area contributed by atoms with Crippen LogP contribution in [0.25, 0.3) is 0 Å². The summed E-state index contributed by atoms with van der Waals surface area (Å²) in [5, 5.41) is 10.5. The molecule has 1 aliphatic rings. The molecule has 3 rings (SSSR count). The van der Waals surface area contributed by atoms with Gasteiger partial charge in [0.05, 0.1) is 12.3 Å². The van der Waals surface area contributed by atoms with Gasteiger partial charge in [-0.05, 0) is 37.0 Å². The summed E-state index contributed by atoms with van der Waals surface area (Å²) in [7, 11) is 0. The van der Waals surface area contributed by atoms with Crippen molar-refractivity contribution in [2.24, 2.45) is 5.92 Å². The summed E-state index contributed by atoms with van der Waals surface area (Å²) in [5.74, 6) is 0.520. The molecule has 2 heterocycles. The van der Waals surface area contributed by atoms with Crippen LogP contribution in [0.4, 0.5) is 0 Å². The van der Waals surface area contributed by atoms with Crippen LogP contribution < -0.4 is 5.32 Å². The van der Waals surface area contributed by atoms with E-state index in [-0.39, 0.29) is 6.10 Å². The second-order valence-corrected chi connectivity index (χ2v) is 5.87. The van der Waals surface area contributed by atoms with Crippen LogP contribution >= 0.6 is 0 Å². The highest BCUT2D eigenvalue weighted by Crippen LogP contribution is 2.33. The number of H-pyrrole nitrogens is 1. The van der Waals surface area contributed by atoms with Gasteiger partial charge in [0.15, 0.2) is 0 Å². The number of rotatable bonds is 5. The highest BCUT2D eigenvalue weighted by molar-refractivity contribution is 5.33. The topological polar surface area (TPSA) is 49.9 Å². The van der Waals surface area contributed by atoms with Crippen molar-refractivity contribution in [3.8, 4) is 0 Å². The van der Waals surface area contributed by atoms with Crippen LogP contribution in [0.5, 0.6) is 0 Å². The summed E-state index contributed by atoms with van der Waals surface area (Å²) in [6, 6.07) is 6.47. The van der Waals surface area contributed by atoms with Crippen molar-refractivity contribution in [3.63, 3.8) is 0 Å². The lowest BCUT2D eigenvalue weighted by Crippen LogP contribution is -2.25. The Morgan fingerprint density at radius 1 is 1.33 bits per heavy atom. The van der Waals surface area contributed by atoms with E-state index in [1.54, 1.807) is 0 Å². The fourth-order valence-electron chi connectivity index (χ4n) is 3.14. The first-order valence-corrected chi connectivity index (χ1v) is 7.62. The summed E-state index contributed by atoms with van der Waals surface area (Å²) in [5.41, 5.74) is 5.29. The SMILES string of the molecule is Cc1cccc(C)c1CNC[C@H]1CCO[C@@H]1c1cn[nH]c1. The average molecular weight is 285 g/mol. The maximum Gasteiger partial charge on any atom is 0.0896 e. The molecule has 1 aromatic carbocycles. The molecule has 112 valence electrons. The minimum Gasteiger partial charge on any atom is -0.373 e. The van der Waals surface area contributed by atoms with Gasteiger partial charge in [0, 0.05) is 37.4 Å². The largest absolute Gasteiger partial charge is 0.373 e. The van der Waals surface area contributed by atoms with Crippen LogP contribution in [-0.2, 0) is 11.3 Å². The van der Waals surface area contributed by atoms with Gasteiger partial charge in [-0.2, -0.15) is 5.10 Å². The normalized spacial score (nSPS) is 21.8. The van der Waals surface area contributed by atoms with Crippen LogP contribution in [0.15, 0.2) is 30.6 Å². The Morgan fingerprint density at radius 2 is 2.14 bits per heavy atom. The molecule has 2 aromatic rings. The smallest absolute Gasteiger partial charge is 0.0896 e. The molecule has 2 atom stereocenters. The molecule has 0 radical (unpaired) electrons. The van der Waals surface area contributed by atoms with E-state index >= 15 is 0 Å². The number of nitrogens with zero attached hydrogens (tertiary/aromatic N) is 1. The Morgan fingerprint density at radius 3 is 2.86 bits per heavy atom. The second kappa shape index (κ2) is 6.41. The van der Waals surface area contributed by atoms with E-state index in [2.05, 4.69) is 47.6 Å². The number of ether oxygens (including phenoxy) is 1. The first kappa shape index (κ1) is 14.3. The Balaban J connectivity index is 1.58. The van der Waals surface area contributed by atoms with Crippen molar-refractivity contribution in [1.82, 2.24) is 15.5 Å². The molecule has 4 nitrogen and oxygen atoms in total. The monoisotopic (exact) mass is 285 g/mol. The summed E-state index contributed by atoms with van der Waals surface area (Å²) >= 11 is 0. The van der Waals surface area contributed by atoms with Gasteiger partial charge >= 0.3 is 0 Å². The summed E-state index contributed by atoms with van der Waals surface area (Å²) in [6.45, 7) is 7.09. The standard InChI is InChI=1S/C17H23N3O/c1-12-4-3-5-13(2)16(12)11-18-8-14-6-7-21-17(14)15-9-19-20-10-15/h3-5,9-10,14,17-18H,6-8,11H2,1-2H3,(H,19,20)/t14-,17+/m1/s1. The Bertz CT molecular complexity index is 559. The highest BCUT2D eigenvalue weighted by atomic mass is 16.5. The van der Waals surface area contributed by atoms with Crippen LogP contribution in [0.2, 0.25) is 0 Å². The predicted molar refractivity (Wildman–Crippen MR) is 83.0 cm³/mol. The molecular formula is C17H23N3O. The maximum absolute atomic E-state index is 5.86. The fraction of sp³-hybridized carbons (Fsp3) is 0.471. The summed E-state index contributed by atoms with van der Waals surface area (Å²) < 4.78 is 5.86. The first-order chi connectivity index (χ1) is 10.3. The molecule has 0 aliphatic carbocycles. The minimum absolute atomic E-state index is 0.175. The van der Waals surface area contributed by atoms with Crippen molar-refractivity contribution >= 4 is 0 Å². The van der Waals surface area contributed by atoms with Crippen molar-refractivity contribution in [2.45, 2.75) is 32.9 Å². The lowest BCUT2D eigenvalue weighted by molar-refractivity contribution is 0.0905. The average Bonchev–Trinajstić information content (AvgIpc) is 3.12. The maximum atomic E-state index is 5.86. The zero-order valence-electron chi connectivity index (χ0n) is 12.7. The molecule has 1 aromatic heterocycles. The summed E-state index contributed by atoms with van der Waals surface area (Å²) in [6.07, 6.45) is 5.09. The lowest BCUT2D eigenvalue weighted by atomic mass is 9.97. The second-order valence-electron chi connectivity index (χ2n) is 5.87. The third-order valence-electron chi connectivity index (χ3n) is 4.41. The van der Waals surface area contributed by atoms with E-state index in [4.69, 9.17) is 4.74 Å². The van der Waals surface area contributed by atoms with Gasteiger partial charge in [0.2, 0.25) is 0 Å². The van der Waals surface area contributed by atoms with E-state index in [0.29, 0.717) is 5.92 Å². The van der Waals surface area contributed by atoms with Gasteiger partial charge in [-0.15, -0.1) is 0 Å². The first-order valence-electron chi connectivity index (χ1n) is 7.62. The van der Waals surface area contributed by atoms with E-state index in [0.717, 1.165) is 31.7 Å². The number of hydrogen-bond donors (Lipinski definition) is 2. The van der Waals surface area contributed by atoms with Crippen LogP contribution in [0.1, 0.15) is 34.8 Å². The van der Waals surface area contributed by atoms with Crippen LogP contribution in [0.3, 0.4) is 0 Å². The van der Waals surface area contributed by atoms with Gasteiger partial charge in [-0.25, -0.2) is 0 Å². The molecule has 0 unspecified atom stereocenters. The Labute approximate surface area is 125 Å². The molecule has 4 heteroatoms. The van der Waals surface area contributed by atoms with E-state index in [1.165, 1.54) is 16.7 Å². The quantitative estimate of drug-likeness (QED) is 0.888. The third kappa shape index (κ3) is 3.17. The fourth-order valence-corrected chi connectivity index (χ4v) is 3.14. The molecule has 21 heavy (non-hydrogen) atoms. The Hall–Kier alpha value is -1.65. The molecule has 0 saturated carbocycles. The van der Waals surface area contributed by atoms with Crippen molar-refractivity contribution in [1.29, 1.82) is 0 Å². The zero-order chi connectivity index (χ0) is 14.7. The van der Waals surface area contributed by atoms with Gasteiger partial charge in [0.25, 0.3) is 0 Å². The number of aromatic nitrogens is 2. The van der Waals surface area contributed by atoms with Gasteiger partial charge in [0.1, 0.15) is 0 Å². The third-order valence-corrected chi connectivity index (χ3v) is 4.41.